The van der Waals surface area contributed by atoms with Crippen molar-refractivity contribution in [3.05, 3.63) is 5.82 Å². The van der Waals surface area contributed by atoms with E-state index in [4.69, 9.17) is 14.2 Å². The highest BCUT2D eigenvalue weighted by Crippen LogP contribution is 2.41. The first-order valence-corrected chi connectivity index (χ1v) is 11.4. The van der Waals surface area contributed by atoms with E-state index in [-0.39, 0.29) is 35.5 Å². The molecule has 3 atom stereocenters. The molecule has 1 aromatic heterocycles. The Morgan fingerprint density at radius 3 is 2.71 bits per heavy atom. The highest BCUT2D eigenvalue weighted by atomic mass is 16.5. The molecule has 0 bridgehead atoms. The van der Waals surface area contributed by atoms with Gasteiger partial charge in [-0.1, -0.05) is 20.8 Å². The third kappa shape index (κ3) is 5.96. The van der Waals surface area contributed by atoms with Gasteiger partial charge in [0.2, 0.25) is 11.9 Å². The van der Waals surface area contributed by atoms with Crippen molar-refractivity contribution in [2.24, 2.45) is 5.41 Å². The summed E-state index contributed by atoms with van der Waals surface area (Å²) in [6, 6.07) is 0.120. The highest BCUT2D eigenvalue weighted by Gasteiger charge is 2.41. The number of nitrogens with zero attached hydrogens (tertiary/aromatic N) is 4. The number of morpholine rings is 1. The van der Waals surface area contributed by atoms with Gasteiger partial charge in [0.25, 0.3) is 0 Å². The molecule has 9 heteroatoms. The van der Waals surface area contributed by atoms with E-state index in [1.54, 1.807) is 7.11 Å². The highest BCUT2D eigenvalue weighted by molar-refractivity contribution is 5.76. The zero-order valence-corrected chi connectivity index (χ0v) is 19.9. The maximum Gasteiger partial charge on any atom is 0.227 e. The number of hydrogen-bond donors (Lipinski definition) is 1. The summed E-state index contributed by atoms with van der Waals surface area (Å²) in [5.74, 6) is 1.91. The summed E-state index contributed by atoms with van der Waals surface area (Å²) >= 11 is 0. The fourth-order valence-corrected chi connectivity index (χ4v) is 4.53. The van der Waals surface area contributed by atoms with E-state index in [0.717, 1.165) is 31.3 Å². The number of carbonyl (C=O) groups excluding carboxylic acids is 1. The third-order valence-corrected chi connectivity index (χ3v) is 5.82. The van der Waals surface area contributed by atoms with Crippen LogP contribution in [0.1, 0.15) is 59.2 Å². The topological polar surface area (TPSA) is 90.7 Å². The molecule has 31 heavy (non-hydrogen) atoms. The van der Waals surface area contributed by atoms with Crippen molar-refractivity contribution in [1.29, 1.82) is 0 Å². The molecule has 0 radical (unpaired) electrons. The van der Waals surface area contributed by atoms with Gasteiger partial charge in [-0.3, -0.25) is 9.36 Å². The van der Waals surface area contributed by atoms with E-state index < -0.39 is 0 Å². The number of aromatic nitrogens is 3. The first kappa shape index (κ1) is 23.9. The first-order chi connectivity index (χ1) is 14.7. The number of methoxy groups -OCH3 is 1. The van der Waals surface area contributed by atoms with Gasteiger partial charge in [0.05, 0.1) is 25.4 Å². The largest absolute Gasteiger partial charge is 0.382 e. The van der Waals surface area contributed by atoms with Gasteiger partial charge >= 0.3 is 0 Å². The Labute approximate surface area is 185 Å². The summed E-state index contributed by atoms with van der Waals surface area (Å²) in [6.07, 6.45) is 1.36. The van der Waals surface area contributed by atoms with Crippen molar-refractivity contribution in [3.63, 3.8) is 0 Å². The Balaban J connectivity index is 1.87. The van der Waals surface area contributed by atoms with Crippen molar-refractivity contribution < 1.29 is 19.0 Å². The van der Waals surface area contributed by atoms with Crippen LogP contribution < -0.4 is 10.2 Å². The molecular weight excluding hydrogens is 398 g/mol. The molecule has 0 saturated carbocycles. The van der Waals surface area contributed by atoms with E-state index in [1.165, 1.54) is 0 Å². The smallest absolute Gasteiger partial charge is 0.227 e. The standard InChI is InChI=1S/C22H39N5O4/c1-15(2)23-18(28)7-9-27-20(17-8-11-31-19(17)22(3,4)5)24-25-21(27)26-10-12-30-16(13-26)14-29-6/h15-17,19H,7-14H2,1-6H3,(H,23,28)/t16?,17-,19-/m1/s1. The zero-order chi connectivity index (χ0) is 22.6. The van der Waals surface area contributed by atoms with Crippen LogP contribution in [-0.2, 0) is 25.5 Å². The van der Waals surface area contributed by atoms with Gasteiger partial charge in [-0.25, -0.2) is 0 Å². The molecule has 1 amide bonds. The van der Waals surface area contributed by atoms with E-state index in [2.05, 4.69) is 45.8 Å². The fourth-order valence-electron chi connectivity index (χ4n) is 4.53. The number of amides is 1. The second kappa shape index (κ2) is 10.3. The number of anilines is 1. The van der Waals surface area contributed by atoms with Gasteiger partial charge in [0, 0.05) is 51.7 Å². The Morgan fingerprint density at radius 2 is 2.03 bits per heavy atom. The van der Waals surface area contributed by atoms with Gasteiger partial charge in [-0.15, -0.1) is 10.2 Å². The van der Waals surface area contributed by atoms with Crippen LogP contribution in [0.5, 0.6) is 0 Å². The number of rotatable bonds is 8. The van der Waals surface area contributed by atoms with Gasteiger partial charge in [0.1, 0.15) is 5.82 Å². The summed E-state index contributed by atoms with van der Waals surface area (Å²) in [4.78, 5) is 14.6. The molecule has 1 unspecified atom stereocenters. The quantitative estimate of drug-likeness (QED) is 0.665. The lowest BCUT2D eigenvalue weighted by atomic mass is 9.81. The molecule has 0 spiro atoms. The minimum Gasteiger partial charge on any atom is -0.382 e. The predicted octanol–water partition coefficient (Wildman–Crippen LogP) is 1.96. The molecule has 0 aliphatic carbocycles. The average Bonchev–Trinajstić information content (AvgIpc) is 3.33. The second-order valence-corrected chi connectivity index (χ2v) is 9.93. The summed E-state index contributed by atoms with van der Waals surface area (Å²) in [7, 11) is 1.68. The Kier molecular flexibility index (Phi) is 7.93. The molecule has 1 aromatic rings. The maximum atomic E-state index is 12.4. The fraction of sp³-hybridized carbons (Fsp3) is 0.864. The third-order valence-electron chi connectivity index (χ3n) is 5.82. The lowest BCUT2D eigenvalue weighted by Crippen LogP contribution is -2.45. The summed E-state index contributed by atoms with van der Waals surface area (Å²) < 4.78 is 19.3. The molecule has 3 heterocycles. The van der Waals surface area contributed by atoms with E-state index >= 15 is 0 Å². The number of hydrogen-bond acceptors (Lipinski definition) is 7. The molecule has 2 saturated heterocycles. The minimum atomic E-state index is -0.00581. The lowest BCUT2D eigenvalue weighted by molar-refractivity contribution is -0.121. The maximum absolute atomic E-state index is 12.4. The van der Waals surface area contributed by atoms with Crippen molar-refractivity contribution in [2.45, 2.75) is 78.2 Å². The van der Waals surface area contributed by atoms with Crippen LogP contribution in [0.25, 0.3) is 0 Å². The van der Waals surface area contributed by atoms with Crippen molar-refractivity contribution in [2.75, 3.05) is 44.9 Å². The van der Waals surface area contributed by atoms with Crippen LogP contribution in [0.15, 0.2) is 0 Å². The number of carbonyl (C=O) groups is 1. The Bertz CT molecular complexity index is 728. The van der Waals surface area contributed by atoms with Crippen molar-refractivity contribution in [3.8, 4) is 0 Å². The number of nitrogens with one attached hydrogen (secondary N) is 1. The monoisotopic (exact) mass is 437 g/mol. The molecule has 2 fully saturated rings. The van der Waals surface area contributed by atoms with Crippen molar-refractivity contribution in [1.82, 2.24) is 20.1 Å². The number of ether oxygens (including phenoxy) is 3. The Hall–Kier alpha value is -1.71. The van der Waals surface area contributed by atoms with E-state index in [9.17, 15) is 4.79 Å². The minimum absolute atomic E-state index is 0.00431. The summed E-state index contributed by atoms with van der Waals surface area (Å²) in [6.45, 7) is 14.4. The molecule has 0 aromatic carbocycles. The average molecular weight is 438 g/mol. The summed E-state index contributed by atoms with van der Waals surface area (Å²) in [5, 5.41) is 12.2. The van der Waals surface area contributed by atoms with Crippen LogP contribution in [0.4, 0.5) is 5.95 Å². The normalized spacial score (nSPS) is 24.7. The molecule has 3 rings (SSSR count). The first-order valence-electron chi connectivity index (χ1n) is 11.4. The molecule has 176 valence electrons. The van der Waals surface area contributed by atoms with Gasteiger partial charge < -0.3 is 24.4 Å². The molecular formula is C22H39N5O4. The molecule has 2 aliphatic rings. The van der Waals surface area contributed by atoms with Crippen molar-refractivity contribution >= 4 is 11.9 Å². The zero-order valence-electron chi connectivity index (χ0n) is 19.9. The van der Waals surface area contributed by atoms with Crippen LogP contribution in [0.2, 0.25) is 0 Å². The van der Waals surface area contributed by atoms with E-state index in [0.29, 0.717) is 32.7 Å². The molecule has 9 nitrogen and oxygen atoms in total. The SMILES string of the molecule is COCC1CN(c2nnc([C@@H]3CCO[C@H]3C(C)(C)C)n2CCC(=O)NC(C)C)CCO1. The van der Waals surface area contributed by atoms with Crippen LogP contribution >= 0.6 is 0 Å². The molecule has 1 N–H and O–H groups in total. The van der Waals surface area contributed by atoms with Crippen LogP contribution in [0, 0.1) is 5.41 Å². The summed E-state index contributed by atoms with van der Waals surface area (Å²) in [5.41, 5.74) is -0.00431. The van der Waals surface area contributed by atoms with Crippen LogP contribution in [0.3, 0.4) is 0 Å². The van der Waals surface area contributed by atoms with Gasteiger partial charge in [0.15, 0.2) is 0 Å². The van der Waals surface area contributed by atoms with Gasteiger partial charge in [-0.05, 0) is 25.7 Å². The van der Waals surface area contributed by atoms with Gasteiger partial charge in [-0.2, -0.15) is 0 Å². The second-order valence-electron chi connectivity index (χ2n) is 9.93. The lowest BCUT2D eigenvalue weighted by Gasteiger charge is -2.34. The van der Waals surface area contributed by atoms with Crippen LogP contribution in [-0.4, -0.2) is 78.9 Å². The Morgan fingerprint density at radius 1 is 1.26 bits per heavy atom. The van der Waals surface area contributed by atoms with E-state index in [1.807, 2.05) is 13.8 Å². The predicted molar refractivity (Wildman–Crippen MR) is 118 cm³/mol. The molecule has 2 aliphatic heterocycles.